The van der Waals surface area contributed by atoms with Crippen LogP contribution in [0.1, 0.15) is 36.0 Å². The van der Waals surface area contributed by atoms with Gasteiger partial charge in [-0.2, -0.15) is 13.2 Å². The van der Waals surface area contributed by atoms with Crippen LogP contribution in [0.15, 0.2) is 30.5 Å². The zero-order valence-electron chi connectivity index (χ0n) is 17.9. The van der Waals surface area contributed by atoms with Gasteiger partial charge in [0.2, 0.25) is 0 Å². The van der Waals surface area contributed by atoms with Gasteiger partial charge in [-0.1, -0.05) is 11.6 Å². The number of halogens is 6. The van der Waals surface area contributed by atoms with Crippen LogP contribution in [-0.4, -0.2) is 50.5 Å². The van der Waals surface area contributed by atoms with Gasteiger partial charge in [0.1, 0.15) is 11.6 Å². The summed E-state index contributed by atoms with van der Waals surface area (Å²) in [5.41, 5.74) is 1.37. The van der Waals surface area contributed by atoms with Crippen LogP contribution < -0.4 is 4.90 Å². The van der Waals surface area contributed by atoms with E-state index in [2.05, 4.69) is 15.2 Å². The van der Waals surface area contributed by atoms with Crippen molar-refractivity contribution in [3.05, 3.63) is 64.3 Å². The molecule has 0 atom stereocenters. The fourth-order valence-electron chi connectivity index (χ4n) is 4.71. The van der Waals surface area contributed by atoms with Crippen molar-refractivity contribution >= 4 is 17.4 Å². The fourth-order valence-corrected chi connectivity index (χ4v) is 4.90. The number of fused-ring (bicyclic) bond motifs is 3. The van der Waals surface area contributed by atoms with Crippen molar-refractivity contribution in [2.45, 2.75) is 38.0 Å². The summed E-state index contributed by atoms with van der Waals surface area (Å²) >= 11 is 6.15. The predicted octanol–water partition coefficient (Wildman–Crippen LogP) is 4.86. The van der Waals surface area contributed by atoms with E-state index in [0.29, 0.717) is 53.9 Å². The Morgan fingerprint density at radius 2 is 1.79 bits per heavy atom. The molecule has 0 N–H and O–H groups in total. The maximum absolute atomic E-state index is 14.2. The number of aromatic nitrogens is 4. The maximum Gasteiger partial charge on any atom is 0.401 e. The third-order valence-corrected chi connectivity index (χ3v) is 6.38. The van der Waals surface area contributed by atoms with Gasteiger partial charge < -0.3 is 4.90 Å². The summed E-state index contributed by atoms with van der Waals surface area (Å²) < 4.78 is 68.7. The summed E-state index contributed by atoms with van der Waals surface area (Å²) in [6, 6.07) is 5.95. The second-order valence-corrected chi connectivity index (χ2v) is 9.00. The number of pyridine rings is 1. The molecule has 2 aromatic heterocycles. The lowest BCUT2D eigenvalue weighted by Gasteiger charge is -2.32. The highest BCUT2D eigenvalue weighted by Gasteiger charge is 2.35. The molecule has 12 heteroatoms. The molecule has 5 rings (SSSR count). The summed E-state index contributed by atoms with van der Waals surface area (Å²) in [5.74, 6) is -0.319. The molecule has 0 amide bonds. The molecule has 2 aliphatic rings. The smallest absolute Gasteiger partial charge is 0.354 e. The van der Waals surface area contributed by atoms with Crippen molar-refractivity contribution in [3.8, 4) is 5.69 Å². The molecule has 1 aromatic carbocycles. The van der Waals surface area contributed by atoms with E-state index in [4.69, 9.17) is 11.6 Å². The number of nitrogens with zero attached hydrogens (tertiary/aromatic N) is 6. The molecule has 0 radical (unpaired) electrons. The summed E-state index contributed by atoms with van der Waals surface area (Å²) in [7, 11) is 0. The first-order valence-corrected chi connectivity index (χ1v) is 11.1. The van der Waals surface area contributed by atoms with Crippen LogP contribution in [0.3, 0.4) is 0 Å². The highest BCUT2D eigenvalue weighted by Crippen LogP contribution is 2.35. The minimum absolute atomic E-state index is 0.0115. The lowest BCUT2D eigenvalue weighted by Crippen LogP contribution is -2.35. The van der Waals surface area contributed by atoms with Gasteiger partial charge in [0.25, 0.3) is 0 Å². The number of hydrogen-bond acceptors (Lipinski definition) is 5. The Balaban J connectivity index is 1.43. The molecule has 0 spiro atoms. The van der Waals surface area contributed by atoms with Crippen LogP contribution in [0.2, 0.25) is 5.02 Å². The van der Waals surface area contributed by atoms with Crippen LogP contribution in [-0.2, 0) is 13.1 Å². The summed E-state index contributed by atoms with van der Waals surface area (Å²) in [6.07, 6.45) is -2.16. The van der Waals surface area contributed by atoms with Gasteiger partial charge in [0.15, 0.2) is 17.5 Å². The lowest BCUT2D eigenvalue weighted by molar-refractivity contribution is -0.148. The number of hydrogen-bond donors (Lipinski definition) is 0. The van der Waals surface area contributed by atoms with Crippen LogP contribution in [0, 0.1) is 11.6 Å². The van der Waals surface area contributed by atoms with Crippen molar-refractivity contribution in [2.24, 2.45) is 0 Å². The van der Waals surface area contributed by atoms with E-state index < -0.39 is 24.4 Å². The van der Waals surface area contributed by atoms with Gasteiger partial charge in [0, 0.05) is 36.6 Å². The second kappa shape index (κ2) is 8.77. The number of anilines is 1. The molecule has 1 saturated heterocycles. The van der Waals surface area contributed by atoms with Crippen LogP contribution in [0.5, 0.6) is 0 Å². The normalized spacial score (nSPS) is 17.4. The molecule has 4 heterocycles. The molecular weight excluding hydrogens is 479 g/mol. The van der Waals surface area contributed by atoms with Crippen molar-refractivity contribution in [2.75, 3.05) is 24.5 Å². The molecule has 6 nitrogen and oxygen atoms in total. The molecule has 180 valence electrons. The Kier molecular flexibility index (Phi) is 5.93. The SMILES string of the molecule is Fc1cnc(N2CCC(c3nnc4n3-c3ccc(Cl)cc3CN(CC(F)(F)F)C4)CC2)c(F)c1. The van der Waals surface area contributed by atoms with Gasteiger partial charge in [-0.25, -0.2) is 13.8 Å². The van der Waals surface area contributed by atoms with E-state index >= 15 is 0 Å². The average molecular weight is 499 g/mol. The molecule has 0 aliphatic carbocycles. The fraction of sp³-hybridized carbons (Fsp3) is 0.409. The average Bonchev–Trinajstić information content (AvgIpc) is 3.10. The first kappa shape index (κ1) is 23.0. The zero-order valence-corrected chi connectivity index (χ0v) is 18.6. The van der Waals surface area contributed by atoms with Gasteiger partial charge in [-0.05, 0) is 36.6 Å². The zero-order chi connectivity index (χ0) is 24.0. The van der Waals surface area contributed by atoms with Gasteiger partial charge in [-0.15, -0.1) is 10.2 Å². The minimum Gasteiger partial charge on any atom is -0.354 e. The Morgan fingerprint density at radius 3 is 2.50 bits per heavy atom. The number of alkyl halides is 3. The first-order valence-electron chi connectivity index (χ1n) is 10.8. The Morgan fingerprint density at radius 1 is 1.03 bits per heavy atom. The van der Waals surface area contributed by atoms with Crippen LogP contribution in [0.25, 0.3) is 5.69 Å². The predicted molar refractivity (Wildman–Crippen MR) is 115 cm³/mol. The van der Waals surface area contributed by atoms with Crippen molar-refractivity contribution < 1.29 is 22.0 Å². The van der Waals surface area contributed by atoms with E-state index in [9.17, 15) is 22.0 Å². The molecule has 1 fully saturated rings. The van der Waals surface area contributed by atoms with Crippen molar-refractivity contribution in [1.82, 2.24) is 24.6 Å². The van der Waals surface area contributed by atoms with Gasteiger partial charge in [-0.3, -0.25) is 9.47 Å². The van der Waals surface area contributed by atoms with E-state index in [1.807, 2.05) is 4.57 Å². The maximum atomic E-state index is 14.2. The van der Waals surface area contributed by atoms with E-state index in [1.54, 1.807) is 23.1 Å². The number of rotatable bonds is 3. The van der Waals surface area contributed by atoms with Crippen LogP contribution in [0.4, 0.5) is 27.8 Å². The van der Waals surface area contributed by atoms with Crippen molar-refractivity contribution in [3.63, 3.8) is 0 Å². The summed E-state index contributed by atoms with van der Waals surface area (Å²) in [4.78, 5) is 6.91. The van der Waals surface area contributed by atoms with Gasteiger partial charge in [0.05, 0.1) is 25.0 Å². The minimum atomic E-state index is -4.35. The molecule has 0 unspecified atom stereocenters. The van der Waals surface area contributed by atoms with Crippen molar-refractivity contribution in [1.29, 1.82) is 0 Å². The Bertz CT molecular complexity index is 1200. The van der Waals surface area contributed by atoms with E-state index in [0.717, 1.165) is 12.3 Å². The number of piperidine rings is 1. The molecule has 3 aromatic rings. The third kappa shape index (κ3) is 4.58. The topological polar surface area (TPSA) is 50.1 Å². The third-order valence-electron chi connectivity index (χ3n) is 6.15. The monoisotopic (exact) mass is 498 g/mol. The molecular formula is C22H20ClF5N6. The lowest BCUT2D eigenvalue weighted by atomic mass is 9.95. The molecule has 0 bridgehead atoms. The molecule has 0 saturated carbocycles. The molecule has 34 heavy (non-hydrogen) atoms. The van der Waals surface area contributed by atoms with Gasteiger partial charge >= 0.3 is 6.18 Å². The Hall–Kier alpha value is -2.79. The van der Waals surface area contributed by atoms with E-state index in [1.165, 1.54) is 4.90 Å². The standard InChI is InChI=1S/C22H20ClF5N6/c23-15-1-2-18-14(7-15)10-32(12-22(26,27)28)11-19-30-31-20(34(18)19)13-3-5-33(6-4-13)21-17(25)8-16(24)9-29-21/h1-2,7-9,13H,3-6,10-12H2. The number of benzene rings is 1. The second-order valence-electron chi connectivity index (χ2n) is 8.56. The molecule has 2 aliphatic heterocycles. The van der Waals surface area contributed by atoms with E-state index in [-0.39, 0.29) is 24.8 Å². The summed E-state index contributed by atoms with van der Waals surface area (Å²) in [5, 5.41) is 9.03. The largest absolute Gasteiger partial charge is 0.401 e. The quantitative estimate of drug-likeness (QED) is 0.483. The highest BCUT2D eigenvalue weighted by molar-refractivity contribution is 6.30. The Labute approximate surface area is 197 Å². The first-order chi connectivity index (χ1) is 16.2. The van der Waals surface area contributed by atoms with Crippen LogP contribution >= 0.6 is 11.6 Å². The highest BCUT2D eigenvalue weighted by atomic mass is 35.5. The summed E-state index contributed by atoms with van der Waals surface area (Å²) in [6.45, 7) is -0.0729.